The van der Waals surface area contributed by atoms with Gasteiger partial charge in [0.1, 0.15) is 23.0 Å². The molecule has 53 heavy (non-hydrogen) atoms. The molecule has 5 rings (SSSR count). The van der Waals surface area contributed by atoms with Crippen LogP contribution in [0.3, 0.4) is 0 Å². The van der Waals surface area contributed by atoms with Crippen LogP contribution in [0.25, 0.3) is 0 Å². The van der Waals surface area contributed by atoms with Gasteiger partial charge in [-0.05, 0) is 130 Å². The lowest BCUT2D eigenvalue weighted by molar-refractivity contribution is -0.137. The molecular weight excluding hydrogens is 676 g/mol. The molecule has 3 aromatic rings. The van der Waals surface area contributed by atoms with Crippen LogP contribution < -0.4 is 18.9 Å². The summed E-state index contributed by atoms with van der Waals surface area (Å²) in [7, 11) is 0. The highest BCUT2D eigenvalue weighted by molar-refractivity contribution is 5.93. The van der Waals surface area contributed by atoms with E-state index in [1.54, 1.807) is 36.4 Å². The van der Waals surface area contributed by atoms with Crippen molar-refractivity contribution in [3.8, 4) is 23.0 Å². The molecule has 0 amide bonds. The van der Waals surface area contributed by atoms with Crippen LogP contribution in [-0.4, -0.2) is 50.3 Å². The maximum absolute atomic E-state index is 13.1. The largest absolute Gasteiger partial charge is 0.494 e. The van der Waals surface area contributed by atoms with Gasteiger partial charge in [-0.2, -0.15) is 0 Å². The van der Waals surface area contributed by atoms with E-state index in [1.807, 2.05) is 0 Å². The minimum atomic E-state index is -0.589. The maximum Gasteiger partial charge on any atom is 0.343 e. The summed E-state index contributed by atoms with van der Waals surface area (Å²) in [5.41, 5.74) is 2.56. The molecule has 0 radical (unpaired) electrons. The Balaban J connectivity index is 0.000000815. The molecule has 0 spiro atoms. The van der Waals surface area contributed by atoms with Gasteiger partial charge < -0.3 is 28.4 Å². The first-order chi connectivity index (χ1) is 25.8. The van der Waals surface area contributed by atoms with Gasteiger partial charge in [0.15, 0.2) is 0 Å². The Labute approximate surface area is 312 Å². The fourth-order valence-corrected chi connectivity index (χ4v) is 6.31. The quantitative estimate of drug-likeness (QED) is 0.0512. The number of fused-ring (bicyclic) bond motifs is 5. The Kier molecular flexibility index (Phi) is 16.3. The van der Waals surface area contributed by atoms with Crippen molar-refractivity contribution in [1.29, 1.82) is 0 Å². The van der Waals surface area contributed by atoms with Crippen LogP contribution in [0.2, 0.25) is 0 Å². The third-order valence-electron chi connectivity index (χ3n) is 8.84. The molecule has 2 aliphatic carbocycles. The van der Waals surface area contributed by atoms with Crippen molar-refractivity contribution >= 4 is 23.9 Å². The summed E-state index contributed by atoms with van der Waals surface area (Å²) >= 11 is 0. The van der Waals surface area contributed by atoms with Crippen molar-refractivity contribution in [1.82, 2.24) is 0 Å². The predicted octanol–water partition coefficient (Wildman–Crippen LogP) is 9.07. The van der Waals surface area contributed by atoms with Crippen LogP contribution in [0.1, 0.15) is 115 Å². The molecule has 0 heterocycles. The smallest absolute Gasteiger partial charge is 0.343 e. The molecule has 282 valence electrons. The SMILES string of the molecule is C=CC(=O)OCCCCCCOc1ccc(C(=O)Oc2ccc(OC(=O)c3ccc(OC(=O)C=C)cc3)c3c2C2CCC3C2)cc1.CCCOCCC. The van der Waals surface area contributed by atoms with Crippen molar-refractivity contribution in [3.05, 3.63) is 108 Å². The molecule has 10 heteroatoms. The van der Waals surface area contributed by atoms with Crippen molar-refractivity contribution in [3.63, 3.8) is 0 Å². The third kappa shape index (κ3) is 12.2. The number of carbonyl (C=O) groups excluding carboxylic acids is 4. The Morgan fingerprint density at radius 3 is 1.58 bits per heavy atom. The second kappa shape index (κ2) is 21.3. The molecule has 2 aliphatic rings. The second-order valence-corrected chi connectivity index (χ2v) is 12.8. The zero-order valence-corrected chi connectivity index (χ0v) is 30.8. The number of unbranched alkanes of at least 4 members (excludes halogenated alkanes) is 3. The Morgan fingerprint density at radius 1 is 0.604 bits per heavy atom. The lowest BCUT2D eigenvalue weighted by Gasteiger charge is -2.21. The highest BCUT2D eigenvalue weighted by Gasteiger charge is 2.42. The highest BCUT2D eigenvalue weighted by Crippen LogP contribution is 2.58. The first-order valence-electron chi connectivity index (χ1n) is 18.4. The van der Waals surface area contributed by atoms with E-state index in [0.717, 1.165) is 94.3 Å². The summed E-state index contributed by atoms with van der Waals surface area (Å²) in [5.74, 6) is 0.364. The predicted molar refractivity (Wildman–Crippen MR) is 201 cm³/mol. The van der Waals surface area contributed by atoms with E-state index in [9.17, 15) is 19.2 Å². The van der Waals surface area contributed by atoms with Gasteiger partial charge in [0, 0.05) is 36.5 Å². The number of rotatable bonds is 19. The molecular formula is C43H50O10. The van der Waals surface area contributed by atoms with Gasteiger partial charge >= 0.3 is 23.9 Å². The summed E-state index contributed by atoms with van der Waals surface area (Å²) in [6, 6.07) is 16.3. The molecule has 1 saturated carbocycles. The van der Waals surface area contributed by atoms with Crippen LogP contribution in [0.15, 0.2) is 86.0 Å². The van der Waals surface area contributed by atoms with Gasteiger partial charge in [0.25, 0.3) is 0 Å². The van der Waals surface area contributed by atoms with E-state index in [1.165, 1.54) is 24.3 Å². The van der Waals surface area contributed by atoms with Gasteiger partial charge in [0.05, 0.1) is 24.3 Å². The van der Waals surface area contributed by atoms with Gasteiger partial charge in [0.2, 0.25) is 0 Å². The van der Waals surface area contributed by atoms with Crippen molar-refractivity contribution in [2.45, 2.75) is 83.5 Å². The zero-order valence-electron chi connectivity index (χ0n) is 30.8. The number of carbonyl (C=O) groups is 4. The molecule has 10 nitrogen and oxygen atoms in total. The summed E-state index contributed by atoms with van der Waals surface area (Å²) in [5, 5.41) is 0. The zero-order chi connectivity index (χ0) is 38.0. The normalized spacial score (nSPS) is 14.9. The molecule has 1 fully saturated rings. The van der Waals surface area contributed by atoms with E-state index in [4.69, 9.17) is 28.4 Å². The van der Waals surface area contributed by atoms with Gasteiger partial charge in [-0.3, -0.25) is 0 Å². The Hall–Kier alpha value is -5.22. The number of benzene rings is 3. The fraction of sp³-hybridized carbons (Fsp3) is 0.395. The Morgan fingerprint density at radius 2 is 1.09 bits per heavy atom. The van der Waals surface area contributed by atoms with Crippen molar-refractivity contribution < 1.29 is 47.6 Å². The van der Waals surface area contributed by atoms with Gasteiger partial charge in [-0.15, -0.1) is 0 Å². The molecule has 2 atom stereocenters. The lowest BCUT2D eigenvalue weighted by atomic mass is 9.90. The first-order valence-corrected chi connectivity index (χ1v) is 18.4. The minimum Gasteiger partial charge on any atom is -0.494 e. The third-order valence-corrected chi connectivity index (χ3v) is 8.84. The van der Waals surface area contributed by atoms with E-state index < -0.39 is 23.9 Å². The summed E-state index contributed by atoms with van der Waals surface area (Å²) in [4.78, 5) is 48.6. The molecule has 0 aromatic heterocycles. The molecule has 2 unspecified atom stereocenters. The number of ether oxygens (including phenoxy) is 6. The van der Waals surface area contributed by atoms with Gasteiger partial charge in [-0.1, -0.05) is 27.0 Å². The summed E-state index contributed by atoms with van der Waals surface area (Å²) in [6.45, 7) is 13.8. The molecule has 0 N–H and O–H groups in total. The summed E-state index contributed by atoms with van der Waals surface area (Å²) in [6.07, 6.45) is 10.9. The average molecular weight is 727 g/mol. The fourth-order valence-electron chi connectivity index (χ4n) is 6.31. The summed E-state index contributed by atoms with van der Waals surface area (Å²) < 4.78 is 32.7. The maximum atomic E-state index is 13.1. The van der Waals surface area contributed by atoms with Crippen LogP contribution in [-0.2, 0) is 19.1 Å². The molecule has 0 aliphatic heterocycles. The average Bonchev–Trinajstić information content (AvgIpc) is 3.81. The monoisotopic (exact) mass is 726 g/mol. The van der Waals surface area contributed by atoms with Crippen LogP contribution in [0, 0.1) is 0 Å². The molecule has 2 bridgehead atoms. The topological polar surface area (TPSA) is 124 Å². The Bertz CT molecular complexity index is 1690. The van der Waals surface area contributed by atoms with Gasteiger partial charge in [-0.25, -0.2) is 19.2 Å². The highest BCUT2D eigenvalue weighted by atomic mass is 16.5. The van der Waals surface area contributed by atoms with Crippen LogP contribution in [0.5, 0.6) is 23.0 Å². The first kappa shape index (κ1) is 40.5. The molecule has 0 saturated heterocycles. The number of hydrogen-bond donors (Lipinski definition) is 0. The second-order valence-electron chi connectivity index (χ2n) is 12.8. The lowest BCUT2D eigenvalue weighted by Crippen LogP contribution is -2.14. The van der Waals surface area contributed by atoms with E-state index in [0.29, 0.717) is 47.3 Å². The minimum absolute atomic E-state index is 0.230. The number of esters is 4. The van der Waals surface area contributed by atoms with E-state index in [-0.39, 0.29) is 11.8 Å². The van der Waals surface area contributed by atoms with Crippen LogP contribution in [0.4, 0.5) is 0 Å². The number of hydrogen-bond acceptors (Lipinski definition) is 10. The molecule has 3 aromatic carbocycles. The van der Waals surface area contributed by atoms with Crippen molar-refractivity contribution in [2.75, 3.05) is 26.4 Å². The van der Waals surface area contributed by atoms with Crippen molar-refractivity contribution in [2.24, 2.45) is 0 Å². The van der Waals surface area contributed by atoms with Crippen LogP contribution >= 0.6 is 0 Å². The van der Waals surface area contributed by atoms with E-state index in [2.05, 4.69) is 27.0 Å². The standard InChI is InChI=1S/C37H36O9.C6H14O/c1-3-32(38)43-22-8-6-5-7-21-42-28-15-11-24(12-16-28)36(40)45-30-19-20-31(35-27-10-9-26(23-27)34(30)35)46-37(41)25-13-17-29(18-14-25)44-33(39)4-2;1-3-5-7-6-4-2/h3-4,11-20,26-27H,1-2,5-10,21-23H2;3-6H2,1-2H3. The van der Waals surface area contributed by atoms with E-state index >= 15 is 0 Å².